The lowest BCUT2D eigenvalue weighted by Crippen LogP contribution is -1.97. The first-order valence-electron chi connectivity index (χ1n) is 17.3. The van der Waals surface area contributed by atoms with Gasteiger partial charge in [-0.1, -0.05) is 127 Å². The molecule has 3 nitrogen and oxygen atoms in total. The normalized spacial score (nSPS) is 11.4. The van der Waals surface area contributed by atoms with E-state index in [1.807, 2.05) is 53.8 Å². The summed E-state index contributed by atoms with van der Waals surface area (Å²) in [5.41, 5.74) is 12.0. The average Bonchev–Trinajstić information content (AvgIpc) is 3.77. The highest BCUT2D eigenvalue weighted by Gasteiger charge is 2.18. The highest BCUT2D eigenvalue weighted by molar-refractivity contribution is 7.26. The van der Waals surface area contributed by atoms with Crippen LogP contribution in [0.2, 0.25) is 0 Å². The van der Waals surface area contributed by atoms with Gasteiger partial charge in [0.15, 0.2) is 5.69 Å². The van der Waals surface area contributed by atoms with E-state index >= 15 is 0 Å². The summed E-state index contributed by atoms with van der Waals surface area (Å²) in [4.78, 5) is 9.08. The fraction of sp³-hybridized carbons (Fsp3) is 0. The zero-order valence-corrected chi connectivity index (χ0v) is 28.8. The maximum Gasteiger partial charge on any atom is 0.194 e. The standard InChI is InChI=1S/C48H29N3S/c1-49-44-20-8-5-15-36(44)33-27-34(43-22-12-21-42(50-43)31-13-3-2-4-14-31)29-35(28-33)51-45-23-9-6-16-38(45)39-26-25-32(30-46(39)51)37-18-11-19-41-40-17-7-10-24-47(40)52-48(37)41/h2-30H. The van der Waals surface area contributed by atoms with Crippen LogP contribution in [0.5, 0.6) is 0 Å². The van der Waals surface area contributed by atoms with Gasteiger partial charge in [-0.3, -0.25) is 0 Å². The van der Waals surface area contributed by atoms with Gasteiger partial charge in [0.25, 0.3) is 0 Å². The Morgan fingerprint density at radius 2 is 1.13 bits per heavy atom. The van der Waals surface area contributed by atoms with Crippen molar-refractivity contribution in [3.63, 3.8) is 0 Å². The van der Waals surface area contributed by atoms with Crippen LogP contribution in [0.4, 0.5) is 5.69 Å². The molecule has 52 heavy (non-hydrogen) atoms. The van der Waals surface area contributed by atoms with E-state index in [1.165, 1.54) is 42.1 Å². The molecule has 242 valence electrons. The minimum Gasteiger partial charge on any atom is -0.309 e. The van der Waals surface area contributed by atoms with Crippen molar-refractivity contribution >= 4 is 59.0 Å². The second kappa shape index (κ2) is 12.2. The van der Waals surface area contributed by atoms with Crippen LogP contribution in [0.15, 0.2) is 176 Å². The lowest BCUT2D eigenvalue weighted by Gasteiger charge is -2.15. The van der Waals surface area contributed by atoms with Crippen LogP contribution in [-0.2, 0) is 0 Å². The van der Waals surface area contributed by atoms with Gasteiger partial charge in [0.2, 0.25) is 0 Å². The molecule has 0 saturated carbocycles. The van der Waals surface area contributed by atoms with Crippen molar-refractivity contribution in [2.24, 2.45) is 0 Å². The monoisotopic (exact) mass is 679 g/mol. The van der Waals surface area contributed by atoms with E-state index in [-0.39, 0.29) is 0 Å². The second-order valence-electron chi connectivity index (χ2n) is 13.0. The van der Waals surface area contributed by atoms with E-state index in [4.69, 9.17) is 11.6 Å². The zero-order valence-electron chi connectivity index (χ0n) is 28.0. The van der Waals surface area contributed by atoms with Gasteiger partial charge in [0.05, 0.1) is 29.0 Å². The number of para-hydroxylation sites is 2. The minimum atomic E-state index is 0.623. The molecular weight excluding hydrogens is 651 g/mol. The predicted octanol–water partition coefficient (Wildman–Crippen LogP) is 13.8. The van der Waals surface area contributed by atoms with Gasteiger partial charge in [-0.15, -0.1) is 11.3 Å². The third-order valence-electron chi connectivity index (χ3n) is 10.0. The number of hydrogen-bond donors (Lipinski definition) is 0. The Morgan fingerprint density at radius 3 is 2.02 bits per heavy atom. The van der Waals surface area contributed by atoms with Crippen LogP contribution in [0.25, 0.3) is 97.3 Å². The summed E-state index contributed by atoms with van der Waals surface area (Å²) in [6.07, 6.45) is 0. The number of fused-ring (bicyclic) bond motifs is 6. The topological polar surface area (TPSA) is 22.2 Å². The fourth-order valence-electron chi connectivity index (χ4n) is 7.61. The van der Waals surface area contributed by atoms with Gasteiger partial charge in [-0.05, 0) is 70.8 Å². The maximum absolute atomic E-state index is 7.99. The minimum absolute atomic E-state index is 0.623. The van der Waals surface area contributed by atoms with E-state index in [2.05, 4.69) is 143 Å². The van der Waals surface area contributed by atoms with Crippen molar-refractivity contribution in [3.8, 4) is 50.5 Å². The highest BCUT2D eigenvalue weighted by Crippen LogP contribution is 2.43. The molecule has 0 unspecified atom stereocenters. The average molecular weight is 680 g/mol. The molecule has 0 fully saturated rings. The van der Waals surface area contributed by atoms with Gasteiger partial charge in [-0.25, -0.2) is 9.83 Å². The van der Waals surface area contributed by atoms with Crippen molar-refractivity contribution in [3.05, 3.63) is 187 Å². The summed E-state index contributed by atoms with van der Waals surface area (Å²) in [7, 11) is 0. The molecule has 0 saturated heterocycles. The first kappa shape index (κ1) is 30.1. The number of aromatic nitrogens is 2. The Bertz CT molecular complexity index is 3030. The van der Waals surface area contributed by atoms with E-state index in [9.17, 15) is 0 Å². The summed E-state index contributed by atoms with van der Waals surface area (Å²) in [5, 5.41) is 4.98. The lowest BCUT2D eigenvalue weighted by atomic mass is 9.98. The van der Waals surface area contributed by atoms with Gasteiger partial charge in [0.1, 0.15) is 0 Å². The van der Waals surface area contributed by atoms with Gasteiger partial charge in [-0.2, -0.15) is 0 Å². The molecule has 3 heterocycles. The lowest BCUT2D eigenvalue weighted by molar-refractivity contribution is 1.18. The quantitative estimate of drug-likeness (QED) is 0.166. The molecular formula is C48H29N3S. The molecule has 0 N–H and O–H groups in total. The van der Waals surface area contributed by atoms with Crippen LogP contribution in [0, 0.1) is 6.57 Å². The first-order valence-corrected chi connectivity index (χ1v) is 18.1. The molecule has 10 rings (SSSR count). The molecule has 0 radical (unpaired) electrons. The Hall–Kier alpha value is -6.80. The molecule has 3 aromatic heterocycles. The number of nitrogens with zero attached hydrogens (tertiary/aromatic N) is 3. The maximum atomic E-state index is 7.99. The Kier molecular flexibility index (Phi) is 7.06. The SMILES string of the molecule is [C-]#[N+]c1ccccc1-c1cc(-c2cccc(-c3ccccc3)n2)cc(-n2c3ccccc3c3ccc(-c4cccc5c4sc4ccccc45)cc32)c1. The van der Waals surface area contributed by atoms with Crippen molar-refractivity contribution in [2.45, 2.75) is 0 Å². The van der Waals surface area contributed by atoms with Crippen LogP contribution >= 0.6 is 11.3 Å². The molecule has 0 spiro atoms. The molecule has 0 amide bonds. The summed E-state index contributed by atoms with van der Waals surface area (Å²) >= 11 is 1.86. The van der Waals surface area contributed by atoms with E-state index in [0.717, 1.165) is 50.4 Å². The van der Waals surface area contributed by atoms with Crippen molar-refractivity contribution in [1.29, 1.82) is 0 Å². The fourth-order valence-corrected chi connectivity index (χ4v) is 8.85. The molecule has 0 bridgehead atoms. The Labute approximate surface area is 305 Å². The van der Waals surface area contributed by atoms with Gasteiger partial charge < -0.3 is 4.57 Å². The van der Waals surface area contributed by atoms with Gasteiger partial charge >= 0.3 is 0 Å². The van der Waals surface area contributed by atoms with Crippen LogP contribution in [0.1, 0.15) is 0 Å². The van der Waals surface area contributed by atoms with Crippen LogP contribution in [0.3, 0.4) is 0 Å². The Morgan fingerprint density at radius 1 is 0.462 bits per heavy atom. The van der Waals surface area contributed by atoms with Gasteiger partial charge in [0, 0.05) is 47.8 Å². The number of benzene rings is 7. The van der Waals surface area contributed by atoms with Crippen molar-refractivity contribution in [2.75, 3.05) is 0 Å². The van der Waals surface area contributed by atoms with Crippen molar-refractivity contribution in [1.82, 2.24) is 9.55 Å². The van der Waals surface area contributed by atoms with E-state index < -0.39 is 0 Å². The molecule has 0 aliphatic rings. The van der Waals surface area contributed by atoms with Crippen LogP contribution < -0.4 is 0 Å². The third-order valence-corrected chi connectivity index (χ3v) is 11.2. The summed E-state index contributed by atoms with van der Waals surface area (Å²) in [6, 6.07) is 61.9. The Balaban J connectivity index is 1.24. The molecule has 0 atom stereocenters. The number of rotatable bonds is 5. The third kappa shape index (κ3) is 4.91. The summed E-state index contributed by atoms with van der Waals surface area (Å²) in [5.74, 6) is 0. The second-order valence-corrected chi connectivity index (χ2v) is 14.1. The summed E-state index contributed by atoms with van der Waals surface area (Å²) in [6.45, 7) is 7.99. The summed E-state index contributed by atoms with van der Waals surface area (Å²) < 4.78 is 4.98. The molecule has 7 aromatic carbocycles. The van der Waals surface area contributed by atoms with Crippen molar-refractivity contribution < 1.29 is 0 Å². The first-order chi connectivity index (χ1) is 25.7. The molecule has 0 aliphatic heterocycles. The molecule has 4 heteroatoms. The van der Waals surface area contributed by atoms with Crippen LogP contribution in [-0.4, -0.2) is 9.55 Å². The largest absolute Gasteiger partial charge is 0.309 e. The number of hydrogen-bond acceptors (Lipinski definition) is 2. The number of pyridine rings is 1. The van der Waals surface area contributed by atoms with E-state index in [1.54, 1.807) is 0 Å². The molecule has 10 aromatic rings. The van der Waals surface area contributed by atoms with E-state index in [0.29, 0.717) is 5.69 Å². The molecule has 0 aliphatic carbocycles. The smallest absolute Gasteiger partial charge is 0.194 e. The highest BCUT2D eigenvalue weighted by atomic mass is 32.1. The zero-order chi connectivity index (χ0) is 34.6. The number of thiophene rings is 1. The predicted molar refractivity (Wildman–Crippen MR) is 219 cm³/mol.